The van der Waals surface area contributed by atoms with Crippen LogP contribution in [0.15, 0.2) is 42.7 Å². The first-order valence-corrected chi connectivity index (χ1v) is 8.58. The van der Waals surface area contributed by atoms with Gasteiger partial charge in [0.05, 0.1) is 29.6 Å². The number of fused-ring (bicyclic) bond motifs is 3. The predicted octanol–water partition coefficient (Wildman–Crippen LogP) is 3.10. The lowest BCUT2D eigenvalue weighted by molar-refractivity contribution is 0.0303. The fraction of sp³-hybridized carbons (Fsp3) is 0.368. The van der Waals surface area contributed by atoms with E-state index in [4.69, 9.17) is 9.84 Å². The summed E-state index contributed by atoms with van der Waals surface area (Å²) in [7, 11) is 0. The minimum atomic E-state index is 0.352. The van der Waals surface area contributed by atoms with Gasteiger partial charge in [0, 0.05) is 24.7 Å². The quantitative estimate of drug-likeness (QED) is 0.728. The van der Waals surface area contributed by atoms with Crippen LogP contribution in [0.2, 0.25) is 0 Å². The van der Waals surface area contributed by atoms with E-state index < -0.39 is 0 Å². The standard InChI is InChI=1S/C19H20N4O/c1-13-2-4-14(5-3-13)23-18-10-20-9-8-17(18)19(21-23)22-11-15-6-7-16(12-22)24-15/h2-5,8-10,15-16H,6-7,11-12H2,1H3. The van der Waals surface area contributed by atoms with E-state index in [0.29, 0.717) is 12.2 Å². The Morgan fingerprint density at radius 3 is 2.54 bits per heavy atom. The molecule has 0 spiro atoms. The first-order valence-electron chi connectivity index (χ1n) is 8.58. The second-order valence-electron chi connectivity index (χ2n) is 6.83. The molecule has 0 radical (unpaired) electrons. The summed E-state index contributed by atoms with van der Waals surface area (Å²) in [6, 6.07) is 10.5. The third-order valence-corrected chi connectivity index (χ3v) is 5.09. The molecule has 0 aliphatic carbocycles. The zero-order valence-corrected chi connectivity index (χ0v) is 13.7. The van der Waals surface area contributed by atoms with Crippen LogP contribution in [-0.2, 0) is 4.74 Å². The fourth-order valence-corrected chi connectivity index (χ4v) is 3.85. The Bertz CT molecular complexity index is 874. The molecule has 24 heavy (non-hydrogen) atoms. The molecule has 0 N–H and O–H groups in total. The molecule has 2 bridgehead atoms. The van der Waals surface area contributed by atoms with E-state index in [-0.39, 0.29) is 0 Å². The van der Waals surface area contributed by atoms with Gasteiger partial charge < -0.3 is 9.64 Å². The number of aromatic nitrogens is 3. The molecular weight excluding hydrogens is 300 g/mol. The number of hydrogen-bond acceptors (Lipinski definition) is 4. The van der Waals surface area contributed by atoms with E-state index in [1.54, 1.807) is 0 Å². The third kappa shape index (κ3) is 2.19. The van der Waals surface area contributed by atoms with Crippen molar-refractivity contribution in [3.63, 3.8) is 0 Å². The zero-order chi connectivity index (χ0) is 16.1. The van der Waals surface area contributed by atoms with Crippen molar-refractivity contribution in [1.82, 2.24) is 14.8 Å². The van der Waals surface area contributed by atoms with Crippen LogP contribution >= 0.6 is 0 Å². The van der Waals surface area contributed by atoms with Crippen molar-refractivity contribution < 1.29 is 4.74 Å². The van der Waals surface area contributed by atoms with E-state index >= 15 is 0 Å². The molecule has 2 aliphatic rings. The number of hydrogen-bond donors (Lipinski definition) is 0. The van der Waals surface area contributed by atoms with Crippen LogP contribution in [0.25, 0.3) is 16.6 Å². The Labute approximate surface area is 140 Å². The van der Waals surface area contributed by atoms with Crippen LogP contribution in [0, 0.1) is 6.92 Å². The summed E-state index contributed by atoms with van der Waals surface area (Å²) in [5, 5.41) is 6.12. The Kier molecular flexibility index (Phi) is 3.10. The summed E-state index contributed by atoms with van der Waals surface area (Å²) in [4.78, 5) is 6.70. The molecule has 0 amide bonds. The van der Waals surface area contributed by atoms with Gasteiger partial charge in [0.2, 0.25) is 0 Å². The summed E-state index contributed by atoms with van der Waals surface area (Å²) in [5.74, 6) is 1.05. The Morgan fingerprint density at radius 2 is 1.79 bits per heavy atom. The number of anilines is 1. The molecule has 122 valence electrons. The largest absolute Gasteiger partial charge is 0.371 e. The summed E-state index contributed by atoms with van der Waals surface area (Å²) in [6.07, 6.45) is 6.79. The molecule has 5 heteroatoms. The molecule has 3 aromatic rings. The number of nitrogens with zero attached hydrogens (tertiary/aromatic N) is 4. The van der Waals surface area contributed by atoms with Crippen LogP contribution in [0.5, 0.6) is 0 Å². The first-order chi connectivity index (χ1) is 11.8. The lowest BCUT2D eigenvalue weighted by atomic mass is 10.2. The molecule has 2 aliphatic heterocycles. The molecule has 4 heterocycles. The molecule has 2 atom stereocenters. The van der Waals surface area contributed by atoms with Crippen molar-refractivity contribution in [3.8, 4) is 5.69 Å². The lowest BCUT2D eigenvalue weighted by Crippen LogP contribution is -2.43. The van der Waals surface area contributed by atoms with Gasteiger partial charge in [-0.3, -0.25) is 4.98 Å². The molecule has 2 saturated heterocycles. The van der Waals surface area contributed by atoms with E-state index in [2.05, 4.69) is 47.1 Å². The van der Waals surface area contributed by atoms with Crippen molar-refractivity contribution in [2.24, 2.45) is 0 Å². The van der Waals surface area contributed by atoms with Crippen LogP contribution < -0.4 is 4.90 Å². The van der Waals surface area contributed by atoms with Crippen molar-refractivity contribution in [3.05, 3.63) is 48.3 Å². The number of benzene rings is 1. The van der Waals surface area contributed by atoms with Crippen molar-refractivity contribution >= 4 is 16.7 Å². The van der Waals surface area contributed by atoms with E-state index in [9.17, 15) is 0 Å². The Balaban J connectivity index is 1.63. The number of aryl methyl sites for hydroxylation is 1. The number of pyridine rings is 1. The number of ether oxygens (including phenoxy) is 1. The maximum atomic E-state index is 5.98. The van der Waals surface area contributed by atoms with E-state index in [0.717, 1.165) is 35.5 Å². The number of morpholine rings is 1. The van der Waals surface area contributed by atoms with Gasteiger partial charge in [0.25, 0.3) is 0 Å². The molecule has 2 unspecified atom stereocenters. The van der Waals surface area contributed by atoms with Crippen LogP contribution in [0.4, 0.5) is 5.82 Å². The highest BCUT2D eigenvalue weighted by Gasteiger charge is 2.35. The van der Waals surface area contributed by atoms with Crippen molar-refractivity contribution in [1.29, 1.82) is 0 Å². The predicted molar refractivity (Wildman–Crippen MR) is 93.7 cm³/mol. The van der Waals surface area contributed by atoms with E-state index in [1.807, 2.05) is 17.1 Å². The normalized spacial score (nSPS) is 23.1. The monoisotopic (exact) mass is 320 g/mol. The lowest BCUT2D eigenvalue weighted by Gasteiger charge is -2.32. The average molecular weight is 320 g/mol. The maximum Gasteiger partial charge on any atom is 0.159 e. The smallest absolute Gasteiger partial charge is 0.159 e. The van der Waals surface area contributed by atoms with Gasteiger partial charge in [-0.2, -0.15) is 0 Å². The summed E-state index contributed by atoms with van der Waals surface area (Å²) in [6.45, 7) is 3.96. The molecule has 5 rings (SSSR count). The third-order valence-electron chi connectivity index (χ3n) is 5.09. The van der Waals surface area contributed by atoms with Gasteiger partial charge in [0.15, 0.2) is 5.82 Å². The van der Waals surface area contributed by atoms with Gasteiger partial charge in [-0.1, -0.05) is 17.7 Å². The van der Waals surface area contributed by atoms with Gasteiger partial charge in [-0.25, -0.2) is 4.68 Å². The summed E-state index contributed by atoms with van der Waals surface area (Å²) in [5.41, 5.74) is 3.37. The highest BCUT2D eigenvalue weighted by Crippen LogP contribution is 2.33. The van der Waals surface area contributed by atoms with Crippen LogP contribution in [-0.4, -0.2) is 40.1 Å². The summed E-state index contributed by atoms with van der Waals surface area (Å²) < 4.78 is 7.99. The molecule has 0 saturated carbocycles. The first kappa shape index (κ1) is 14.0. The SMILES string of the molecule is Cc1ccc(-n2nc(N3CC4CCC(C3)O4)c3ccncc32)cc1. The topological polar surface area (TPSA) is 43.2 Å². The minimum Gasteiger partial charge on any atom is -0.371 e. The second-order valence-corrected chi connectivity index (χ2v) is 6.83. The fourth-order valence-electron chi connectivity index (χ4n) is 3.85. The van der Waals surface area contributed by atoms with Gasteiger partial charge in [-0.15, -0.1) is 5.10 Å². The molecule has 5 nitrogen and oxygen atoms in total. The minimum absolute atomic E-state index is 0.352. The highest BCUT2D eigenvalue weighted by atomic mass is 16.5. The zero-order valence-electron chi connectivity index (χ0n) is 13.7. The van der Waals surface area contributed by atoms with E-state index in [1.165, 1.54) is 18.4 Å². The summed E-state index contributed by atoms with van der Waals surface area (Å²) >= 11 is 0. The molecular formula is C19H20N4O. The number of rotatable bonds is 2. The maximum absolute atomic E-state index is 5.98. The molecule has 1 aromatic carbocycles. The van der Waals surface area contributed by atoms with Gasteiger partial charge >= 0.3 is 0 Å². The molecule has 2 aromatic heterocycles. The Morgan fingerprint density at radius 1 is 1.04 bits per heavy atom. The Hall–Kier alpha value is -2.40. The average Bonchev–Trinajstić information content (AvgIpc) is 3.16. The van der Waals surface area contributed by atoms with Crippen molar-refractivity contribution in [2.45, 2.75) is 32.0 Å². The van der Waals surface area contributed by atoms with Gasteiger partial charge in [-0.05, 0) is 38.0 Å². The van der Waals surface area contributed by atoms with Crippen molar-refractivity contribution in [2.75, 3.05) is 18.0 Å². The van der Waals surface area contributed by atoms with Gasteiger partial charge in [0.1, 0.15) is 0 Å². The second kappa shape index (κ2) is 5.31. The highest BCUT2D eigenvalue weighted by molar-refractivity contribution is 5.91. The van der Waals surface area contributed by atoms with Crippen LogP contribution in [0.3, 0.4) is 0 Å². The molecule has 2 fully saturated rings. The van der Waals surface area contributed by atoms with Crippen LogP contribution in [0.1, 0.15) is 18.4 Å².